The maximum atomic E-state index is 13.4. The number of carbonyl (C=O) groups excluding carboxylic acids is 1. The van der Waals surface area contributed by atoms with Crippen LogP contribution in [0.1, 0.15) is 48.2 Å². The van der Waals surface area contributed by atoms with Gasteiger partial charge in [-0.05, 0) is 31.9 Å². The van der Waals surface area contributed by atoms with E-state index in [4.69, 9.17) is 4.52 Å². The molecule has 1 heterocycles. The fourth-order valence-electron chi connectivity index (χ4n) is 4.21. The molecule has 0 atom stereocenters. The van der Waals surface area contributed by atoms with E-state index < -0.39 is 15.9 Å². The quantitative estimate of drug-likeness (QED) is 0.576. The third-order valence-electron chi connectivity index (χ3n) is 6.02. The zero-order valence-electron chi connectivity index (χ0n) is 18.2. The van der Waals surface area contributed by atoms with Crippen LogP contribution in [0.15, 0.2) is 64.0 Å². The summed E-state index contributed by atoms with van der Waals surface area (Å²) in [7, 11) is -2.15. The number of hydrogen-bond donors (Lipinski definition) is 1. The van der Waals surface area contributed by atoms with E-state index >= 15 is 0 Å². The van der Waals surface area contributed by atoms with Crippen LogP contribution in [0.5, 0.6) is 0 Å². The molecule has 1 fully saturated rings. The lowest BCUT2D eigenvalue weighted by atomic mass is 9.96. The van der Waals surface area contributed by atoms with Gasteiger partial charge in [0, 0.05) is 18.7 Å². The number of nitrogens with one attached hydrogen (secondary N) is 1. The number of benzene rings is 2. The van der Waals surface area contributed by atoms with Crippen molar-refractivity contribution in [2.24, 2.45) is 0 Å². The van der Waals surface area contributed by atoms with E-state index in [1.54, 1.807) is 32.2 Å². The minimum atomic E-state index is -3.78. The van der Waals surface area contributed by atoms with Gasteiger partial charge in [-0.2, -0.15) is 4.31 Å². The molecule has 1 saturated carbocycles. The van der Waals surface area contributed by atoms with Crippen molar-refractivity contribution in [1.82, 2.24) is 9.46 Å². The van der Waals surface area contributed by atoms with Gasteiger partial charge in [0.15, 0.2) is 0 Å². The number of sulfonamides is 1. The Kier molecular flexibility index (Phi) is 6.43. The summed E-state index contributed by atoms with van der Waals surface area (Å²) in [6.45, 7) is 1.66. The van der Waals surface area contributed by atoms with Gasteiger partial charge in [0.1, 0.15) is 21.9 Å². The summed E-state index contributed by atoms with van der Waals surface area (Å²) in [6, 6.07) is 15.7. The van der Waals surface area contributed by atoms with E-state index in [0.717, 1.165) is 37.7 Å². The van der Waals surface area contributed by atoms with Crippen LogP contribution in [0.25, 0.3) is 11.3 Å². The largest absolute Gasteiger partial charge is 0.360 e. The van der Waals surface area contributed by atoms with Crippen LogP contribution in [0, 0.1) is 6.92 Å². The van der Waals surface area contributed by atoms with Gasteiger partial charge in [-0.1, -0.05) is 66.9 Å². The van der Waals surface area contributed by atoms with Crippen molar-refractivity contribution in [3.05, 3.63) is 65.9 Å². The summed E-state index contributed by atoms with van der Waals surface area (Å²) >= 11 is 0. The highest BCUT2D eigenvalue weighted by Gasteiger charge is 2.31. The highest BCUT2D eigenvalue weighted by molar-refractivity contribution is 7.89. The van der Waals surface area contributed by atoms with E-state index in [1.807, 2.05) is 30.3 Å². The Bertz CT molecular complexity index is 1200. The number of hydrogen-bond acceptors (Lipinski definition) is 5. The highest BCUT2D eigenvalue weighted by atomic mass is 32.2. The molecule has 1 aliphatic carbocycles. The molecule has 4 rings (SSSR count). The average molecular weight is 454 g/mol. The van der Waals surface area contributed by atoms with Crippen molar-refractivity contribution in [2.45, 2.75) is 50.0 Å². The van der Waals surface area contributed by atoms with Crippen molar-refractivity contribution in [3.8, 4) is 11.3 Å². The van der Waals surface area contributed by atoms with Gasteiger partial charge >= 0.3 is 0 Å². The molecule has 7 nitrogen and oxygen atoms in total. The predicted octanol–water partition coefficient (Wildman–Crippen LogP) is 4.86. The van der Waals surface area contributed by atoms with Crippen molar-refractivity contribution in [3.63, 3.8) is 0 Å². The first kappa shape index (κ1) is 22.2. The van der Waals surface area contributed by atoms with Crippen LogP contribution < -0.4 is 5.32 Å². The Morgan fingerprint density at radius 2 is 1.69 bits per heavy atom. The molecule has 0 spiro atoms. The van der Waals surface area contributed by atoms with Crippen LogP contribution in [0.3, 0.4) is 0 Å². The highest BCUT2D eigenvalue weighted by Crippen LogP contribution is 2.31. The first-order valence-electron chi connectivity index (χ1n) is 10.8. The topological polar surface area (TPSA) is 92.5 Å². The Labute approximate surface area is 188 Å². The second kappa shape index (κ2) is 9.26. The predicted molar refractivity (Wildman–Crippen MR) is 123 cm³/mol. The number of para-hydroxylation sites is 1. The zero-order chi connectivity index (χ0) is 22.7. The number of rotatable bonds is 6. The first-order valence-corrected chi connectivity index (χ1v) is 12.2. The third-order valence-corrected chi connectivity index (χ3v) is 7.99. The van der Waals surface area contributed by atoms with Gasteiger partial charge in [-0.3, -0.25) is 4.79 Å². The van der Waals surface area contributed by atoms with Crippen molar-refractivity contribution < 1.29 is 17.7 Å². The van der Waals surface area contributed by atoms with Crippen LogP contribution >= 0.6 is 0 Å². The van der Waals surface area contributed by atoms with E-state index in [2.05, 4.69) is 10.5 Å². The second-order valence-corrected chi connectivity index (χ2v) is 10.1. The molecule has 8 heteroatoms. The van der Waals surface area contributed by atoms with Crippen LogP contribution in [0.2, 0.25) is 0 Å². The minimum Gasteiger partial charge on any atom is -0.360 e. The van der Waals surface area contributed by atoms with E-state index in [-0.39, 0.29) is 22.2 Å². The van der Waals surface area contributed by atoms with Gasteiger partial charge in [-0.25, -0.2) is 8.42 Å². The molecule has 3 aromatic rings. The number of aromatic nitrogens is 1. The summed E-state index contributed by atoms with van der Waals surface area (Å²) in [6.07, 6.45) is 4.89. The number of nitrogens with zero attached hydrogens (tertiary/aromatic N) is 2. The lowest BCUT2D eigenvalue weighted by Gasteiger charge is -2.30. The van der Waals surface area contributed by atoms with E-state index in [9.17, 15) is 13.2 Å². The molecule has 1 aromatic heterocycles. The maximum Gasteiger partial charge on any atom is 0.261 e. The second-order valence-electron chi connectivity index (χ2n) is 8.09. The molecular formula is C24H27N3O4S. The standard InChI is InChI=1S/C24H27N3O4S/c1-17-22(23(26-31-17)18-11-5-3-6-12-18)24(28)25-20-15-9-10-16-21(20)32(29,30)27(2)19-13-7-4-8-14-19/h3,5-6,9-12,15-16,19H,4,7-8,13-14H2,1-2H3,(H,25,28). The minimum absolute atomic E-state index is 0.0255. The van der Waals surface area contributed by atoms with Crippen LogP contribution in [0.4, 0.5) is 5.69 Å². The normalized spacial score (nSPS) is 15.1. The average Bonchev–Trinajstić information content (AvgIpc) is 3.21. The lowest BCUT2D eigenvalue weighted by molar-refractivity contribution is 0.102. The molecule has 1 N–H and O–H groups in total. The fourth-order valence-corrected chi connectivity index (χ4v) is 5.77. The molecule has 0 radical (unpaired) electrons. The Hall–Kier alpha value is -2.97. The Morgan fingerprint density at radius 3 is 2.41 bits per heavy atom. The molecule has 2 aromatic carbocycles. The van der Waals surface area contributed by atoms with Crippen molar-refractivity contribution in [2.75, 3.05) is 12.4 Å². The van der Waals surface area contributed by atoms with Crippen molar-refractivity contribution >= 4 is 21.6 Å². The molecule has 1 aliphatic rings. The van der Waals surface area contributed by atoms with Gasteiger partial charge in [0.25, 0.3) is 5.91 Å². The number of aryl methyl sites for hydroxylation is 1. The van der Waals surface area contributed by atoms with E-state index in [1.165, 1.54) is 10.4 Å². The van der Waals surface area contributed by atoms with Gasteiger partial charge in [-0.15, -0.1) is 0 Å². The summed E-state index contributed by atoms with van der Waals surface area (Å²) < 4.78 is 33.6. The summed E-state index contributed by atoms with van der Waals surface area (Å²) in [5.74, 6) is -0.105. The van der Waals surface area contributed by atoms with Crippen LogP contribution in [-0.4, -0.2) is 36.9 Å². The third kappa shape index (κ3) is 4.33. The fraction of sp³-hybridized carbons (Fsp3) is 0.333. The summed E-state index contributed by atoms with van der Waals surface area (Å²) in [5, 5.41) is 6.83. The molecule has 0 unspecified atom stereocenters. The molecule has 0 bridgehead atoms. The monoisotopic (exact) mass is 453 g/mol. The number of amides is 1. The molecule has 0 aliphatic heterocycles. The van der Waals surface area contributed by atoms with Crippen LogP contribution in [-0.2, 0) is 10.0 Å². The zero-order valence-corrected chi connectivity index (χ0v) is 19.1. The SMILES string of the molecule is Cc1onc(-c2ccccc2)c1C(=O)Nc1ccccc1S(=O)(=O)N(C)C1CCCCC1. The molecular weight excluding hydrogens is 426 g/mol. The smallest absolute Gasteiger partial charge is 0.261 e. The Balaban J connectivity index is 1.65. The molecule has 32 heavy (non-hydrogen) atoms. The van der Waals surface area contributed by atoms with E-state index in [0.29, 0.717) is 11.5 Å². The van der Waals surface area contributed by atoms with Gasteiger partial charge in [0.05, 0.1) is 5.69 Å². The molecule has 0 saturated heterocycles. The summed E-state index contributed by atoms with van der Waals surface area (Å²) in [4.78, 5) is 13.3. The Morgan fingerprint density at radius 1 is 1.03 bits per heavy atom. The van der Waals surface area contributed by atoms with Gasteiger partial charge < -0.3 is 9.84 Å². The lowest BCUT2D eigenvalue weighted by Crippen LogP contribution is -2.38. The summed E-state index contributed by atoms with van der Waals surface area (Å²) in [5.41, 5.74) is 1.68. The molecule has 168 valence electrons. The maximum absolute atomic E-state index is 13.4. The molecule has 1 amide bonds. The first-order chi connectivity index (χ1) is 15.4. The number of carbonyl (C=O) groups is 1. The van der Waals surface area contributed by atoms with Gasteiger partial charge in [0.2, 0.25) is 10.0 Å². The number of anilines is 1. The van der Waals surface area contributed by atoms with Crippen molar-refractivity contribution in [1.29, 1.82) is 0 Å².